The number of anilines is 1. The fraction of sp³-hybridized carbons (Fsp3) is 0.125. The number of sulfonamides is 1. The number of carbonyl (C=O) groups is 1. The van der Waals surface area contributed by atoms with E-state index in [0.717, 1.165) is 33.8 Å². The van der Waals surface area contributed by atoms with Crippen LogP contribution < -0.4 is 9.93 Å². The van der Waals surface area contributed by atoms with E-state index in [9.17, 15) is 31.2 Å². The van der Waals surface area contributed by atoms with Crippen LogP contribution in [0, 0.1) is 0 Å². The van der Waals surface area contributed by atoms with Crippen molar-refractivity contribution >= 4 is 42.6 Å². The van der Waals surface area contributed by atoms with Crippen LogP contribution in [0.2, 0.25) is 0 Å². The molecule has 0 atom stereocenters. The lowest BCUT2D eigenvalue weighted by molar-refractivity contribution is -0.137. The third kappa shape index (κ3) is 3.47. The van der Waals surface area contributed by atoms with Gasteiger partial charge >= 0.3 is 17.8 Å². The third-order valence-electron chi connectivity index (χ3n) is 3.79. The molecule has 28 heavy (non-hydrogen) atoms. The van der Waals surface area contributed by atoms with Gasteiger partial charge in [-0.1, -0.05) is 0 Å². The van der Waals surface area contributed by atoms with Gasteiger partial charge in [0.1, 0.15) is 10.6 Å². The average molecular weight is 433 g/mol. The van der Waals surface area contributed by atoms with Crippen LogP contribution in [0.4, 0.5) is 18.2 Å². The molecule has 3 rings (SSSR count). The molecule has 0 radical (unpaired) electrons. The van der Waals surface area contributed by atoms with Gasteiger partial charge in [-0.25, -0.2) is 18.0 Å². The molecule has 148 valence electrons. The van der Waals surface area contributed by atoms with E-state index in [4.69, 9.17) is 9.52 Å². The average Bonchev–Trinajstić information content (AvgIpc) is 3.02. The molecule has 0 saturated heterocycles. The quantitative estimate of drug-likeness (QED) is 0.676. The molecule has 0 amide bonds. The van der Waals surface area contributed by atoms with Crippen molar-refractivity contribution < 1.29 is 35.9 Å². The second-order valence-corrected chi connectivity index (χ2v) is 8.59. The Kier molecular flexibility index (Phi) is 4.71. The summed E-state index contributed by atoms with van der Waals surface area (Å²) < 4.78 is 69.2. The monoisotopic (exact) mass is 433 g/mol. The molecule has 0 aliphatic heterocycles. The van der Waals surface area contributed by atoms with Gasteiger partial charge in [-0.3, -0.25) is 4.31 Å². The Balaban J connectivity index is 2.01. The summed E-state index contributed by atoms with van der Waals surface area (Å²) in [6.45, 7) is 0. The van der Waals surface area contributed by atoms with Gasteiger partial charge in [-0.05, 0) is 30.3 Å². The SMILES string of the molecule is CN(c1cc2oc(=O)c(C(=O)O)cc2s1)S(=O)(=O)c1ccc(C(F)(F)F)cc1. The first-order chi connectivity index (χ1) is 12.9. The summed E-state index contributed by atoms with van der Waals surface area (Å²) in [7, 11) is -3.02. The van der Waals surface area contributed by atoms with Gasteiger partial charge in [0.25, 0.3) is 10.0 Å². The number of carboxylic acid groups (broad SMARTS) is 1. The Labute approximate surface area is 159 Å². The number of fused-ring (bicyclic) bond motifs is 1. The van der Waals surface area contributed by atoms with Crippen LogP contribution in [0.5, 0.6) is 0 Å². The number of carboxylic acids is 1. The van der Waals surface area contributed by atoms with Crippen molar-refractivity contribution in [2.24, 2.45) is 0 Å². The zero-order chi connectivity index (χ0) is 20.9. The Hall–Kier alpha value is -2.86. The first kappa shape index (κ1) is 19.9. The van der Waals surface area contributed by atoms with Gasteiger partial charge in [-0.15, -0.1) is 11.3 Å². The van der Waals surface area contributed by atoms with Gasteiger partial charge in [0.05, 0.1) is 15.2 Å². The number of benzene rings is 1. The minimum absolute atomic E-state index is 0.00975. The maximum atomic E-state index is 12.7. The molecule has 0 aliphatic rings. The zero-order valence-corrected chi connectivity index (χ0v) is 15.5. The number of aromatic carboxylic acids is 1. The van der Waals surface area contributed by atoms with Crippen LogP contribution >= 0.6 is 11.3 Å². The van der Waals surface area contributed by atoms with Gasteiger partial charge in [0, 0.05) is 13.1 Å². The first-order valence-corrected chi connectivity index (χ1v) is 9.64. The van der Waals surface area contributed by atoms with Gasteiger partial charge < -0.3 is 9.52 Å². The van der Waals surface area contributed by atoms with Crippen molar-refractivity contribution in [3.05, 3.63) is 57.9 Å². The molecule has 3 aromatic rings. The van der Waals surface area contributed by atoms with Crippen molar-refractivity contribution in [3.8, 4) is 0 Å². The summed E-state index contributed by atoms with van der Waals surface area (Å²) >= 11 is 0.845. The standard InChI is InChI=1S/C16H10F3NO6S2/c1-20(28(24,25)9-4-2-8(3-5-9)16(17,18)19)13-7-11-12(27-13)6-10(14(21)22)15(23)26-11/h2-7H,1H3,(H,21,22). The number of alkyl halides is 3. The molecular weight excluding hydrogens is 423 g/mol. The molecule has 12 heteroatoms. The predicted molar refractivity (Wildman–Crippen MR) is 94.4 cm³/mol. The van der Waals surface area contributed by atoms with Crippen LogP contribution in [-0.2, 0) is 16.2 Å². The van der Waals surface area contributed by atoms with E-state index < -0.39 is 38.9 Å². The lowest BCUT2D eigenvalue weighted by Crippen LogP contribution is -2.25. The summed E-state index contributed by atoms with van der Waals surface area (Å²) in [6, 6.07) is 5.29. The van der Waals surface area contributed by atoms with Crippen molar-refractivity contribution in [1.29, 1.82) is 0 Å². The number of thiophene rings is 1. The summed E-state index contributed by atoms with van der Waals surface area (Å²) in [5, 5.41) is 9.04. The maximum absolute atomic E-state index is 12.7. The van der Waals surface area contributed by atoms with E-state index in [0.29, 0.717) is 12.1 Å². The molecule has 0 aliphatic carbocycles. The topological polar surface area (TPSA) is 105 Å². The smallest absolute Gasteiger partial charge is 0.416 e. The minimum atomic E-state index is -4.60. The predicted octanol–water partition coefficient (Wildman–Crippen LogP) is 3.40. The van der Waals surface area contributed by atoms with E-state index in [1.54, 1.807) is 0 Å². The Morgan fingerprint density at radius 1 is 1.18 bits per heavy atom. The molecule has 2 heterocycles. The second-order valence-electron chi connectivity index (χ2n) is 5.56. The number of hydrogen-bond donors (Lipinski definition) is 1. The number of halogens is 3. The van der Waals surface area contributed by atoms with Crippen molar-refractivity contribution in [2.75, 3.05) is 11.4 Å². The fourth-order valence-corrected chi connectivity index (χ4v) is 4.69. The highest BCUT2D eigenvalue weighted by Crippen LogP contribution is 2.35. The zero-order valence-electron chi connectivity index (χ0n) is 13.9. The van der Waals surface area contributed by atoms with Gasteiger partial charge in [0.2, 0.25) is 0 Å². The number of rotatable bonds is 4. The highest BCUT2D eigenvalue weighted by Gasteiger charge is 2.31. The summed E-state index contributed by atoms with van der Waals surface area (Å²) in [5.41, 5.74) is -2.69. The molecule has 1 aromatic carbocycles. The second kappa shape index (κ2) is 6.63. The van der Waals surface area contributed by atoms with Gasteiger partial charge in [-0.2, -0.15) is 13.2 Å². The highest BCUT2D eigenvalue weighted by molar-refractivity contribution is 7.93. The largest absolute Gasteiger partial charge is 0.477 e. The normalized spacial score (nSPS) is 12.3. The van der Waals surface area contributed by atoms with Crippen LogP contribution in [0.3, 0.4) is 0 Å². The first-order valence-electron chi connectivity index (χ1n) is 7.38. The molecule has 1 N–H and O–H groups in total. The molecule has 0 spiro atoms. The Bertz CT molecular complexity index is 1230. The number of hydrogen-bond acceptors (Lipinski definition) is 6. The third-order valence-corrected chi connectivity index (χ3v) is 6.83. The summed E-state index contributed by atoms with van der Waals surface area (Å²) in [6.07, 6.45) is -4.60. The van der Waals surface area contributed by atoms with E-state index >= 15 is 0 Å². The molecule has 0 fully saturated rings. The fourth-order valence-electron chi connectivity index (χ4n) is 2.30. The Morgan fingerprint density at radius 2 is 1.79 bits per heavy atom. The summed E-state index contributed by atoms with van der Waals surface area (Å²) in [4.78, 5) is 22.3. The van der Waals surface area contributed by atoms with E-state index in [-0.39, 0.29) is 20.2 Å². The van der Waals surface area contributed by atoms with E-state index in [1.807, 2.05) is 0 Å². The van der Waals surface area contributed by atoms with Crippen LogP contribution in [0.25, 0.3) is 10.3 Å². The molecule has 7 nitrogen and oxygen atoms in total. The van der Waals surface area contributed by atoms with E-state index in [2.05, 4.69) is 0 Å². The van der Waals surface area contributed by atoms with E-state index in [1.165, 1.54) is 13.1 Å². The van der Waals surface area contributed by atoms with Crippen LogP contribution in [-0.4, -0.2) is 26.5 Å². The maximum Gasteiger partial charge on any atom is 0.416 e. The van der Waals surface area contributed by atoms with Crippen LogP contribution in [0.15, 0.2) is 50.5 Å². The molecule has 0 unspecified atom stereocenters. The molecule has 0 bridgehead atoms. The van der Waals surface area contributed by atoms with Crippen LogP contribution in [0.1, 0.15) is 15.9 Å². The van der Waals surface area contributed by atoms with Crippen molar-refractivity contribution in [1.82, 2.24) is 0 Å². The highest BCUT2D eigenvalue weighted by atomic mass is 32.2. The summed E-state index contributed by atoms with van der Waals surface area (Å²) in [5.74, 6) is -1.49. The van der Waals surface area contributed by atoms with Crippen molar-refractivity contribution in [2.45, 2.75) is 11.1 Å². The molecule has 2 aromatic heterocycles. The lowest BCUT2D eigenvalue weighted by Gasteiger charge is -2.17. The van der Waals surface area contributed by atoms with Crippen molar-refractivity contribution in [3.63, 3.8) is 0 Å². The molecular formula is C16H10F3NO6S2. The minimum Gasteiger partial charge on any atom is -0.477 e. The number of nitrogens with zero attached hydrogens (tertiary/aromatic N) is 1. The Morgan fingerprint density at radius 3 is 2.32 bits per heavy atom. The molecule has 0 saturated carbocycles. The lowest BCUT2D eigenvalue weighted by atomic mass is 10.2. The van der Waals surface area contributed by atoms with Gasteiger partial charge in [0.15, 0.2) is 5.58 Å².